The van der Waals surface area contributed by atoms with Gasteiger partial charge in [-0.3, -0.25) is 14.0 Å². The van der Waals surface area contributed by atoms with Gasteiger partial charge in [-0.1, -0.05) is 0 Å². The lowest BCUT2D eigenvalue weighted by atomic mass is 9.89. The van der Waals surface area contributed by atoms with Crippen LogP contribution in [0.5, 0.6) is 0 Å². The van der Waals surface area contributed by atoms with Crippen molar-refractivity contribution in [2.75, 3.05) is 31.1 Å². The van der Waals surface area contributed by atoms with Crippen molar-refractivity contribution in [1.82, 2.24) is 24.6 Å². The Morgan fingerprint density at radius 2 is 2.00 bits per heavy atom. The number of fused-ring (bicyclic) bond motifs is 2. The molecule has 0 saturated carbocycles. The predicted molar refractivity (Wildman–Crippen MR) is 131 cm³/mol. The monoisotopic (exact) mass is 469 g/mol. The second-order valence-corrected chi connectivity index (χ2v) is 9.38. The molecule has 35 heavy (non-hydrogen) atoms. The lowest BCUT2D eigenvalue weighted by Gasteiger charge is -2.35. The highest BCUT2D eigenvalue weighted by atomic mass is 19.1. The first kappa shape index (κ1) is 21.5. The maximum Gasteiger partial charge on any atom is 0.260 e. The van der Waals surface area contributed by atoms with Crippen LogP contribution >= 0.6 is 0 Å². The van der Waals surface area contributed by atoms with Crippen molar-refractivity contribution in [2.45, 2.75) is 6.42 Å². The Hall–Kier alpha value is -4.03. The molecule has 0 spiro atoms. The lowest BCUT2D eigenvalue weighted by molar-refractivity contribution is 0.347. The minimum atomic E-state index is -0.642. The van der Waals surface area contributed by atoms with Gasteiger partial charge in [0.2, 0.25) is 0 Å². The molecular weight excluding hydrogens is 445 g/mol. The number of anilines is 1. The molecule has 2 aliphatic heterocycles. The minimum Gasteiger partial charge on any atom is -0.356 e. The molecule has 2 fully saturated rings. The van der Waals surface area contributed by atoms with Gasteiger partial charge in [0.25, 0.3) is 5.56 Å². The predicted octanol–water partition coefficient (Wildman–Crippen LogP) is 2.84. The Morgan fingerprint density at radius 3 is 2.83 bits per heavy atom. The lowest BCUT2D eigenvalue weighted by Crippen LogP contribution is -2.41. The van der Waals surface area contributed by atoms with E-state index in [4.69, 9.17) is 10.2 Å². The summed E-state index contributed by atoms with van der Waals surface area (Å²) in [6.45, 7) is 3.66. The summed E-state index contributed by atoms with van der Waals surface area (Å²) < 4.78 is 17.8. The molecule has 2 saturated heterocycles. The number of nitrogens with one attached hydrogen (secondary N) is 1. The molecule has 4 aromatic rings. The van der Waals surface area contributed by atoms with Crippen molar-refractivity contribution < 1.29 is 4.39 Å². The van der Waals surface area contributed by atoms with Gasteiger partial charge in [-0.15, -0.1) is 0 Å². The van der Waals surface area contributed by atoms with Crippen LogP contribution in [0, 0.1) is 29.0 Å². The van der Waals surface area contributed by atoms with Crippen LogP contribution in [0.3, 0.4) is 0 Å². The quantitative estimate of drug-likeness (QED) is 0.496. The topological polar surface area (TPSA) is 91.8 Å². The smallest absolute Gasteiger partial charge is 0.260 e. The Balaban J connectivity index is 1.51. The number of halogens is 1. The molecule has 2 aliphatic rings. The van der Waals surface area contributed by atoms with Crippen LogP contribution in [0.4, 0.5) is 10.2 Å². The van der Waals surface area contributed by atoms with E-state index in [0.717, 1.165) is 43.5 Å². The summed E-state index contributed by atoms with van der Waals surface area (Å²) in [5.41, 5.74) is 1.57. The van der Waals surface area contributed by atoms with E-state index in [-0.39, 0.29) is 11.1 Å². The van der Waals surface area contributed by atoms with Crippen molar-refractivity contribution in [3.8, 4) is 23.1 Å². The molecule has 0 bridgehead atoms. The van der Waals surface area contributed by atoms with Crippen LogP contribution in [0.15, 0.2) is 53.5 Å². The minimum absolute atomic E-state index is 0.0496. The highest BCUT2D eigenvalue weighted by Gasteiger charge is 2.33. The first-order chi connectivity index (χ1) is 17.0. The highest BCUT2D eigenvalue weighted by Crippen LogP contribution is 2.31. The molecule has 8 nitrogen and oxygen atoms in total. The zero-order valence-corrected chi connectivity index (χ0v) is 19.3. The summed E-state index contributed by atoms with van der Waals surface area (Å²) in [4.78, 5) is 20.6. The summed E-state index contributed by atoms with van der Waals surface area (Å²) in [5, 5.41) is 17.9. The van der Waals surface area contributed by atoms with Crippen LogP contribution < -0.4 is 15.8 Å². The van der Waals surface area contributed by atoms with E-state index < -0.39 is 5.82 Å². The van der Waals surface area contributed by atoms with Gasteiger partial charge in [-0.05, 0) is 67.7 Å². The van der Waals surface area contributed by atoms with Gasteiger partial charge in [0.1, 0.15) is 23.5 Å². The average molecular weight is 470 g/mol. The summed E-state index contributed by atoms with van der Waals surface area (Å²) in [5.74, 6) is 1.48. The van der Waals surface area contributed by atoms with Gasteiger partial charge in [0.05, 0.1) is 16.8 Å². The molecule has 2 atom stereocenters. The van der Waals surface area contributed by atoms with Crippen molar-refractivity contribution in [3.05, 3.63) is 70.4 Å². The maximum absolute atomic E-state index is 14.6. The van der Waals surface area contributed by atoms with Gasteiger partial charge in [0, 0.05) is 43.4 Å². The van der Waals surface area contributed by atoms with Crippen molar-refractivity contribution in [3.63, 3.8) is 0 Å². The van der Waals surface area contributed by atoms with E-state index in [1.165, 1.54) is 16.7 Å². The van der Waals surface area contributed by atoms with Crippen molar-refractivity contribution in [1.29, 1.82) is 5.26 Å². The molecule has 2 aromatic heterocycles. The van der Waals surface area contributed by atoms with Crippen molar-refractivity contribution >= 4 is 16.7 Å². The number of nitriles is 1. The molecule has 0 aliphatic carbocycles. The number of aryl methyl sites for hydroxylation is 1. The van der Waals surface area contributed by atoms with Gasteiger partial charge in [0.15, 0.2) is 0 Å². The summed E-state index contributed by atoms with van der Waals surface area (Å²) >= 11 is 0. The molecule has 2 unspecified atom stereocenters. The third kappa shape index (κ3) is 3.76. The average Bonchev–Trinajstić information content (AvgIpc) is 3.47. The standard InChI is InChI=1S/C26H24FN7O/c1-32-14-19-8-21(4-5-23(19)31-32)34-25(35)10-24(33-7-6-18-12-29-13-20(18)15-33)30-26(34)16-2-3-17(11-28)22(27)9-16/h2-5,8-10,14,18,20,29H,6-7,12-13,15H2,1H3. The molecule has 0 radical (unpaired) electrons. The maximum atomic E-state index is 14.6. The van der Waals surface area contributed by atoms with Gasteiger partial charge < -0.3 is 10.2 Å². The van der Waals surface area contributed by atoms with Crippen LogP contribution in [0.2, 0.25) is 0 Å². The Bertz CT molecular complexity index is 1550. The first-order valence-electron chi connectivity index (χ1n) is 11.7. The van der Waals surface area contributed by atoms with E-state index >= 15 is 0 Å². The van der Waals surface area contributed by atoms with E-state index in [0.29, 0.717) is 34.7 Å². The van der Waals surface area contributed by atoms with Crippen LogP contribution in [0.25, 0.3) is 28.0 Å². The fourth-order valence-electron chi connectivity index (χ4n) is 5.34. The first-order valence-corrected chi connectivity index (χ1v) is 11.7. The Morgan fingerprint density at radius 1 is 1.14 bits per heavy atom. The highest BCUT2D eigenvalue weighted by molar-refractivity contribution is 5.80. The molecule has 0 amide bonds. The molecule has 176 valence electrons. The fourth-order valence-corrected chi connectivity index (χ4v) is 5.34. The number of hydrogen-bond donors (Lipinski definition) is 1. The van der Waals surface area contributed by atoms with E-state index in [1.54, 1.807) is 16.8 Å². The molecule has 4 heterocycles. The van der Waals surface area contributed by atoms with Gasteiger partial charge >= 0.3 is 0 Å². The van der Waals surface area contributed by atoms with Gasteiger partial charge in [-0.25, -0.2) is 9.37 Å². The second kappa shape index (κ2) is 8.32. The molecule has 2 aromatic carbocycles. The van der Waals surface area contributed by atoms with Crippen LogP contribution in [0.1, 0.15) is 12.0 Å². The molecular formula is C26H24FN7O. The second-order valence-electron chi connectivity index (χ2n) is 9.38. The van der Waals surface area contributed by atoms with Crippen molar-refractivity contribution in [2.24, 2.45) is 18.9 Å². The van der Waals surface area contributed by atoms with E-state index in [9.17, 15) is 9.18 Å². The van der Waals surface area contributed by atoms with Crippen LogP contribution in [-0.4, -0.2) is 45.5 Å². The summed E-state index contributed by atoms with van der Waals surface area (Å²) in [6, 6.07) is 13.3. The molecule has 9 heteroatoms. The summed E-state index contributed by atoms with van der Waals surface area (Å²) in [6.07, 6.45) is 2.92. The fraction of sp³-hybridized carbons (Fsp3) is 0.308. The third-order valence-corrected chi connectivity index (χ3v) is 7.14. The number of aromatic nitrogens is 4. The Kier molecular flexibility index (Phi) is 5.11. The van der Waals surface area contributed by atoms with E-state index in [1.807, 2.05) is 37.5 Å². The molecule has 6 rings (SSSR count). The number of nitrogens with zero attached hydrogens (tertiary/aromatic N) is 6. The zero-order chi connectivity index (χ0) is 24.1. The number of rotatable bonds is 3. The largest absolute Gasteiger partial charge is 0.356 e. The number of piperidine rings is 1. The zero-order valence-electron chi connectivity index (χ0n) is 19.3. The third-order valence-electron chi connectivity index (χ3n) is 7.14. The van der Waals surface area contributed by atoms with Gasteiger partial charge in [-0.2, -0.15) is 10.4 Å². The SMILES string of the molecule is Cn1cc2cc(-n3c(-c4ccc(C#N)c(F)c4)nc(N4CCC5CNCC5C4)cc3=O)ccc2n1. The molecule has 1 N–H and O–H groups in total. The Labute approximate surface area is 201 Å². The number of hydrogen-bond acceptors (Lipinski definition) is 6. The normalized spacial score (nSPS) is 19.6. The summed E-state index contributed by atoms with van der Waals surface area (Å²) in [7, 11) is 1.84. The van der Waals surface area contributed by atoms with E-state index in [2.05, 4.69) is 15.3 Å². The van der Waals surface area contributed by atoms with Crippen LogP contribution in [-0.2, 0) is 7.05 Å². The number of benzene rings is 2.